The van der Waals surface area contributed by atoms with Crippen LogP contribution in [-0.4, -0.2) is 39.9 Å². The van der Waals surface area contributed by atoms with E-state index in [9.17, 15) is 4.79 Å². The van der Waals surface area contributed by atoms with Crippen LogP contribution in [0.15, 0.2) is 47.8 Å². The van der Waals surface area contributed by atoms with Crippen molar-refractivity contribution >= 4 is 23.5 Å². The van der Waals surface area contributed by atoms with Gasteiger partial charge < -0.3 is 10.2 Å². The molecular formula is C18H22N4OS. The lowest BCUT2D eigenvalue weighted by atomic mass is 10.2. The maximum absolute atomic E-state index is 11.8. The average Bonchev–Trinajstić information content (AvgIpc) is 3.09. The van der Waals surface area contributed by atoms with Gasteiger partial charge in [0.15, 0.2) is 0 Å². The molecule has 126 valence electrons. The van der Waals surface area contributed by atoms with Crippen LogP contribution in [0.1, 0.15) is 25.3 Å². The van der Waals surface area contributed by atoms with Crippen molar-refractivity contribution in [3.63, 3.8) is 0 Å². The van der Waals surface area contributed by atoms with E-state index < -0.39 is 0 Å². The summed E-state index contributed by atoms with van der Waals surface area (Å²) in [7, 11) is 0. The highest BCUT2D eigenvalue weighted by Crippen LogP contribution is 2.22. The van der Waals surface area contributed by atoms with Gasteiger partial charge in [0.25, 0.3) is 0 Å². The Labute approximate surface area is 146 Å². The van der Waals surface area contributed by atoms with Crippen molar-refractivity contribution in [3.05, 3.63) is 48.3 Å². The molecule has 5 nitrogen and oxygen atoms in total. The van der Waals surface area contributed by atoms with Crippen molar-refractivity contribution in [3.8, 4) is 0 Å². The van der Waals surface area contributed by atoms with Crippen molar-refractivity contribution < 1.29 is 4.79 Å². The van der Waals surface area contributed by atoms with E-state index in [1.807, 2.05) is 30.0 Å². The third-order valence-electron chi connectivity index (χ3n) is 4.04. The predicted octanol–water partition coefficient (Wildman–Crippen LogP) is 3.19. The van der Waals surface area contributed by atoms with Crippen LogP contribution < -0.4 is 5.32 Å². The summed E-state index contributed by atoms with van der Waals surface area (Å²) in [6.45, 7) is 3.47. The molecule has 1 amide bonds. The molecule has 0 aliphatic carbocycles. The van der Waals surface area contributed by atoms with Crippen molar-refractivity contribution in [1.29, 1.82) is 0 Å². The number of hydrogen-bond acceptors (Lipinski definition) is 5. The van der Waals surface area contributed by atoms with Crippen LogP contribution in [0, 0.1) is 0 Å². The van der Waals surface area contributed by atoms with Crippen molar-refractivity contribution in [2.75, 3.05) is 18.4 Å². The van der Waals surface area contributed by atoms with Gasteiger partial charge in [-0.1, -0.05) is 37.3 Å². The van der Waals surface area contributed by atoms with E-state index in [1.165, 1.54) is 5.56 Å². The van der Waals surface area contributed by atoms with Crippen LogP contribution in [0.25, 0.3) is 0 Å². The highest BCUT2D eigenvalue weighted by atomic mass is 32.2. The lowest BCUT2D eigenvalue weighted by Gasteiger charge is -2.16. The first-order valence-electron chi connectivity index (χ1n) is 8.27. The van der Waals surface area contributed by atoms with Gasteiger partial charge in [-0.15, -0.1) is 11.8 Å². The Hall–Kier alpha value is -2.08. The Balaban J connectivity index is 1.55. The number of thioether (sulfide) groups is 1. The summed E-state index contributed by atoms with van der Waals surface area (Å²) < 4.78 is 0. The number of anilines is 1. The Morgan fingerprint density at radius 2 is 2.17 bits per heavy atom. The molecule has 2 heterocycles. The molecule has 3 rings (SSSR count). The number of aromatic nitrogens is 2. The van der Waals surface area contributed by atoms with Gasteiger partial charge in [-0.05, 0) is 12.0 Å². The molecule has 1 saturated heterocycles. The number of nitrogens with zero attached hydrogens (tertiary/aromatic N) is 3. The molecule has 6 heteroatoms. The topological polar surface area (TPSA) is 58.1 Å². The van der Waals surface area contributed by atoms with Gasteiger partial charge in [-0.2, -0.15) is 0 Å². The van der Waals surface area contributed by atoms with Crippen LogP contribution >= 0.6 is 11.8 Å². The van der Waals surface area contributed by atoms with Gasteiger partial charge >= 0.3 is 0 Å². The predicted molar refractivity (Wildman–Crippen MR) is 96.9 cm³/mol. The van der Waals surface area contributed by atoms with Gasteiger partial charge in [0, 0.05) is 31.3 Å². The molecule has 1 aliphatic rings. The summed E-state index contributed by atoms with van der Waals surface area (Å²) in [5, 5.41) is 4.31. The van der Waals surface area contributed by atoms with Crippen LogP contribution in [0.4, 0.5) is 5.82 Å². The van der Waals surface area contributed by atoms with E-state index in [0.717, 1.165) is 36.1 Å². The van der Waals surface area contributed by atoms with Crippen molar-refractivity contribution in [2.24, 2.45) is 0 Å². The monoisotopic (exact) mass is 342 g/mol. The number of carbonyl (C=O) groups is 1. The zero-order valence-corrected chi connectivity index (χ0v) is 14.6. The Bertz CT molecular complexity index is 680. The first-order valence-corrected chi connectivity index (χ1v) is 9.26. The summed E-state index contributed by atoms with van der Waals surface area (Å²) in [6, 6.07) is 10.6. The summed E-state index contributed by atoms with van der Waals surface area (Å²) in [5.74, 6) is 1.88. The van der Waals surface area contributed by atoms with Crippen LogP contribution in [0.3, 0.4) is 0 Å². The van der Waals surface area contributed by atoms with Crippen LogP contribution in [-0.2, 0) is 10.5 Å². The Morgan fingerprint density at radius 1 is 1.33 bits per heavy atom. The first-order chi connectivity index (χ1) is 11.7. The molecule has 1 aromatic heterocycles. The molecule has 0 unspecified atom stereocenters. The number of hydrogen-bond donors (Lipinski definition) is 1. The van der Waals surface area contributed by atoms with Crippen LogP contribution in [0.5, 0.6) is 0 Å². The van der Waals surface area contributed by atoms with Gasteiger partial charge in [0.2, 0.25) is 5.91 Å². The smallest absolute Gasteiger partial charge is 0.222 e. The molecule has 1 N–H and O–H groups in total. The fourth-order valence-electron chi connectivity index (χ4n) is 2.76. The second-order valence-electron chi connectivity index (χ2n) is 5.84. The fraction of sp³-hybridized carbons (Fsp3) is 0.389. The molecule has 1 aliphatic heterocycles. The fourth-order valence-corrected chi connectivity index (χ4v) is 3.56. The summed E-state index contributed by atoms with van der Waals surface area (Å²) >= 11 is 1.68. The van der Waals surface area contributed by atoms with E-state index in [2.05, 4.69) is 27.4 Å². The number of rotatable bonds is 6. The molecule has 1 fully saturated rings. The minimum absolute atomic E-state index is 0.220. The summed E-state index contributed by atoms with van der Waals surface area (Å²) in [5.41, 5.74) is 1.27. The molecule has 0 bridgehead atoms. The van der Waals surface area contributed by atoms with E-state index in [-0.39, 0.29) is 11.9 Å². The number of nitrogens with one attached hydrogen (secondary N) is 1. The molecule has 24 heavy (non-hydrogen) atoms. The second kappa shape index (κ2) is 8.15. The number of likely N-dealkylation sites (tertiary alicyclic amines) is 1. The van der Waals surface area contributed by atoms with Crippen molar-refractivity contribution in [2.45, 2.75) is 36.6 Å². The zero-order valence-electron chi connectivity index (χ0n) is 13.8. The van der Waals surface area contributed by atoms with E-state index in [4.69, 9.17) is 0 Å². The third kappa shape index (κ3) is 4.47. The molecule has 1 aromatic carbocycles. The molecule has 0 radical (unpaired) electrons. The minimum Gasteiger partial charge on any atom is -0.364 e. The Kier molecular flexibility index (Phi) is 5.69. The maximum atomic E-state index is 11.8. The minimum atomic E-state index is 0.220. The highest BCUT2D eigenvalue weighted by molar-refractivity contribution is 7.98. The first kappa shape index (κ1) is 16.8. The van der Waals surface area contributed by atoms with Gasteiger partial charge in [-0.3, -0.25) is 9.78 Å². The quantitative estimate of drug-likeness (QED) is 0.817. The highest BCUT2D eigenvalue weighted by Gasteiger charge is 2.25. The average molecular weight is 342 g/mol. The second-order valence-corrected chi connectivity index (χ2v) is 6.84. The lowest BCUT2D eigenvalue weighted by molar-refractivity contribution is -0.129. The zero-order chi connectivity index (χ0) is 16.8. The summed E-state index contributed by atoms with van der Waals surface area (Å²) in [4.78, 5) is 22.6. The van der Waals surface area contributed by atoms with E-state index >= 15 is 0 Å². The van der Waals surface area contributed by atoms with Crippen molar-refractivity contribution in [1.82, 2.24) is 14.9 Å². The lowest BCUT2D eigenvalue weighted by Crippen LogP contribution is -2.31. The standard InChI is InChI=1S/C18H22N4OS/c1-2-18(23)22-9-8-15(12-22)20-16-10-19-11-17(21-16)24-13-14-6-4-3-5-7-14/h3-7,10-11,15H,2,8-9,12-13H2,1H3,(H,20,21)/t15-/m0/s1. The molecular weight excluding hydrogens is 320 g/mol. The molecule has 0 saturated carbocycles. The molecule has 0 spiro atoms. The normalized spacial score (nSPS) is 17.0. The molecule has 2 aromatic rings. The number of carbonyl (C=O) groups excluding carboxylic acids is 1. The Morgan fingerprint density at radius 3 is 2.96 bits per heavy atom. The maximum Gasteiger partial charge on any atom is 0.222 e. The van der Waals surface area contributed by atoms with E-state index in [1.54, 1.807) is 24.2 Å². The van der Waals surface area contributed by atoms with Crippen LogP contribution in [0.2, 0.25) is 0 Å². The number of amides is 1. The van der Waals surface area contributed by atoms with Gasteiger partial charge in [0.1, 0.15) is 10.8 Å². The third-order valence-corrected chi connectivity index (χ3v) is 5.01. The van der Waals surface area contributed by atoms with Gasteiger partial charge in [-0.25, -0.2) is 4.98 Å². The van der Waals surface area contributed by atoms with Gasteiger partial charge in [0.05, 0.1) is 12.4 Å². The van der Waals surface area contributed by atoms with E-state index in [0.29, 0.717) is 6.42 Å². The largest absolute Gasteiger partial charge is 0.364 e. The summed E-state index contributed by atoms with van der Waals surface area (Å²) in [6.07, 6.45) is 5.06. The molecule has 1 atom stereocenters. The SMILES string of the molecule is CCC(=O)N1CC[C@H](Nc2cncc(SCc3ccccc3)n2)C1. The number of benzene rings is 1.